The second-order valence-corrected chi connectivity index (χ2v) is 5.03. The number of nitrogens with one attached hydrogen (secondary N) is 1. The Balaban J connectivity index is 2.36. The van der Waals surface area contributed by atoms with Crippen LogP contribution in [0.4, 0.5) is 0 Å². The molecule has 2 rings (SSSR count). The molecule has 1 aromatic rings. The number of benzene rings is 1. The summed E-state index contributed by atoms with van der Waals surface area (Å²) in [5.41, 5.74) is 1.22. The van der Waals surface area contributed by atoms with Gasteiger partial charge in [0, 0.05) is 16.7 Å². The Labute approximate surface area is 87.2 Å². The van der Waals surface area contributed by atoms with Gasteiger partial charge < -0.3 is 5.32 Å². The highest BCUT2D eigenvalue weighted by Crippen LogP contribution is 2.29. The highest BCUT2D eigenvalue weighted by molar-refractivity contribution is 7.85. The summed E-state index contributed by atoms with van der Waals surface area (Å²) in [7, 11) is -0.779. The van der Waals surface area contributed by atoms with E-state index in [0.29, 0.717) is 6.04 Å². The predicted molar refractivity (Wildman–Crippen MR) is 58.8 cm³/mol. The standard InChI is InChI=1S/C11H15NOS/c1-2-12-10-7-8-14(13)11-6-4-3-5-9(10)11/h3-6,10,12H,2,7-8H2,1H3. The minimum atomic E-state index is -0.779. The summed E-state index contributed by atoms with van der Waals surface area (Å²) >= 11 is 0. The summed E-state index contributed by atoms with van der Waals surface area (Å²) in [4.78, 5) is 1.02. The van der Waals surface area contributed by atoms with Crippen LogP contribution in [0.5, 0.6) is 0 Å². The van der Waals surface area contributed by atoms with Gasteiger partial charge in [0.2, 0.25) is 0 Å². The van der Waals surface area contributed by atoms with Crippen LogP contribution in [0.15, 0.2) is 29.2 Å². The molecule has 1 aliphatic rings. The molecule has 0 radical (unpaired) electrons. The Bertz CT molecular complexity index is 351. The Morgan fingerprint density at radius 1 is 1.50 bits per heavy atom. The van der Waals surface area contributed by atoms with E-state index in [1.54, 1.807) is 0 Å². The van der Waals surface area contributed by atoms with Crippen molar-refractivity contribution in [2.24, 2.45) is 0 Å². The summed E-state index contributed by atoms with van der Waals surface area (Å²) in [6, 6.07) is 8.44. The molecule has 14 heavy (non-hydrogen) atoms. The lowest BCUT2D eigenvalue weighted by atomic mass is 10.0. The highest BCUT2D eigenvalue weighted by atomic mass is 32.2. The smallest absolute Gasteiger partial charge is 0.0533 e. The number of fused-ring (bicyclic) bond motifs is 1. The van der Waals surface area contributed by atoms with E-state index in [2.05, 4.69) is 18.3 Å². The van der Waals surface area contributed by atoms with Gasteiger partial charge in [0.15, 0.2) is 0 Å². The molecule has 76 valence electrons. The van der Waals surface area contributed by atoms with E-state index in [0.717, 1.165) is 23.6 Å². The molecule has 0 saturated carbocycles. The summed E-state index contributed by atoms with van der Waals surface area (Å²) in [5, 5.41) is 3.43. The minimum absolute atomic E-state index is 0.397. The minimum Gasteiger partial charge on any atom is -0.310 e. The zero-order chi connectivity index (χ0) is 9.97. The molecule has 2 atom stereocenters. The van der Waals surface area contributed by atoms with Crippen molar-refractivity contribution in [3.63, 3.8) is 0 Å². The summed E-state index contributed by atoms with van der Waals surface area (Å²) < 4.78 is 11.7. The molecule has 2 unspecified atom stereocenters. The first kappa shape index (κ1) is 9.87. The van der Waals surface area contributed by atoms with Crippen LogP contribution in [0.3, 0.4) is 0 Å². The van der Waals surface area contributed by atoms with Gasteiger partial charge in [-0.1, -0.05) is 25.1 Å². The van der Waals surface area contributed by atoms with Crippen LogP contribution in [0.1, 0.15) is 24.9 Å². The SMILES string of the molecule is CCNC1CCS(=O)c2ccccc21. The lowest BCUT2D eigenvalue weighted by molar-refractivity contribution is 0.520. The summed E-state index contributed by atoms with van der Waals surface area (Å²) in [5.74, 6) is 0.786. The van der Waals surface area contributed by atoms with Crippen molar-refractivity contribution in [3.8, 4) is 0 Å². The Morgan fingerprint density at radius 3 is 3.07 bits per heavy atom. The van der Waals surface area contributed by atoms with Crippen LogP contribution in [0, 0.1) is 0 Å². The van der Waals surface area contributed by atoms with E-state index >= 15 is 0 Å². The highest BCUT2D eigenvalue weighted by Gasteiger charge is 2.23. The molecule has 1 aromatic carbocycles. The lowest BCUT2D eigenvalue weighted by Crippen LogP contribution is -2.27. The van der Waals surface area contributed by atoms with Crippen LogP contribution in [0.25, 0.3) is 0 Å². The normalized spacial score (nSPS) is 25.8. The van der Waals surface area contributed by atoms with Crippen LogP contribution in [-0.2, 0) is 10.8 Å². The molecule has 0 fully saturated rings. The van der Waals surface area contributed by atoms with Gasteiger partial charge in [-0.3, -0.25) is 4.21 Å². The van der Waals surface area contributed by atoms with Crippen molar-refractivity contribution in [2.45, 2.75) is 24.3 Å². The van der Waals surface area contributed by atoms with Crippen LogP contribution in [-0.4, -0.2) is 16.5 Å². The van der Waals surface area contributed by atoms with E-state index in [-0.39, 0.29) is 0 Å². The third-order valence-electron chi connectivity index (χ3n) is 2.58. The fourth-order valence-electron chi connectivity index (χ4n) is 1.92. The Morgan fingerprint density at radius 2 is 2.29 bits per heavy atom. The van der Waals surface area contributed by atoms with Gasteiger partial charge in [0.05, 0.1) is 10.8 Å². The maximum atomic E-state index is 11.7. The van der Waals surface area contributed by atoms with Gasteiger partial charge in [0.25, 0.3) is 0 Å². The molecule has 0 amide bonds. The first-order chi connectivity index (χ1) is 6.83. The quantitative estimate of drug-likeness (QED) is 0.805. The second-order valence-electron chi connectivity index (χ2n) is 3.49. The molecule has 0 aromatic heterocycles. The van der Waals surface area contributed by atoms with E-state index < -0.39 is 10.8 Å². The topological polar surface area (TPSA) is 29.1 Å². The predicted octanol–water partition coefficient (Wildman–Crippen LogP) is 1.85. The number of hydrogen-bond donors (Lipinski definition) is 1. The molecule has 0 bridgehead atoms. The van der Waals surface area contributed by atoms with E-state index in [1.165, 1.54) is 5.56 Å². The second kappa shape index (κ2) is 4.24. The van der Waals surface area contributed by atoms with E-state index in [1.807, 2.05) is 18.2 Å². The van der Waals surface area contributed by atoms with Crippen molar-refractivity contribution in [2.75, 3.05) is 12.3 Å². The van der Waals surface area contributed by atoms with Crippen LogP contribution < -0.4 is 5.32 Å². The van der Waals surface area contributed by atoms with Crippen LogP contribution in [0.2, 0.25) is 0 Å². The van der Waals surface area contributed by atoms with E-state index in [9.17, 15) is 4.21 Å². The van der Waals surface area contributed by atoms with Gasteiger partial charge in [-0.05, 0) is 24.6 Å². The van der Waals surface area contributed by atoms with Gasteiger partial charge in [-0.15, -0.1) is 0 Å². The maximum Gasteiger partial charge on any atom is 0.0533 e. The Kier molecular flexibility index (Phi) is 2.99. The van der Waals surface area contributed by atoms with Gasteiger partial charge >= 0.3 is 0 Å². The van der Waals surface area contributed by atoms with Crippen molar-refractivity contribution in [1.82, 2.24) is 5.32 Å². The average molecular weight is 209 g/mol. The maximum absolute atomic E-state index is 11.7. The lowest BCUT2D eigenvalue weighted by Gasteiger charge is -2.25. The first-order valence-electron chi connectivity index (χ1n) is 5.03. The third-order valence-corrected chi connectivity index (χ3v) is 4.05. The number of rotatable bonds is 2. The van der Waals surface area contributed by atoms with Crippen molar-refractivity contribution >= 4 is 10.8 Å². The molecule has 1 aliphatic heterocycles. The van der Waals surface area contributed by atoms with Gasteiger partial charge in [0.1, 0.15) is 0 Å². The molecule has 2 nitrogen and oxygen atoms in total. The van der Waals surface area contributed by atoms with E-state index in [4.69, 9.17) is 0 Å². The molecular weight excluding hydrogens is 194 g/mol. The molecule has 0 spiro atoms. The monoisotopic (exact) mass is 209 g/mol. The van der Waals surface area contributed by atoms with Gasteiger partial charge in [-0.25, -0.2) is 0 Å². The molecule has 0 saturated heterocycles. The molecule has 3 heteroatoms. The van der Waals surface area contributed by atoms with Crippen molar-refractivity contribution in [3.05, 3.63) is 29.8 Å². The summed E-state index contributed by atoms with van der Waals surface area (Å²) in [6.45, 7) is 3.07. The molecular formula is C11H15NOS. The fourth-order valence-corrected chi connectivity index (χ4v) is 3.30. The Hall–Kier alpha value is -0.670. The third kappa shape index (κ3) is 1.74. The zero-order valence-electron chi connectivity index (χ0n) is 8.32. The molecule has 1 heterocycles. The fraction of sp³-hybridized carbons (Fsp3) is 0.455. The number of hydrogen-bond acceptors (Lipinski definition) is 2. The largest absolute Gasteiger partial charge is 0.310 e. The van der Waals surface area contributed by atoms with Crippen LogP contribution >= 0.6 is 0 Å². The molecule has 0 aliphatic carbocycles. The summed E-state index contributed by atoms with van der Waals surface area (Å²) in [6.07, 6.45) is 0.984. The first-order valence-corrected chi connectivity index (χ1v) is 6.35. The van der Waals surface area contributed by atoms with Crippen molar-refractivity contribution in [1.29, 1.82) is 0 Å². The molecule has 1 N–H and O–H groups in total. The zero-order valence-corrected chi connectivity index (χ0v) is 9.14. The average Bonchev–Trinajstić information content (AvgIpc) is 2.23. The van der Waals surface area contributed by atoms with Gasteiger partial charge in [-0.2, -0.15) is 0 Å². The van der Waals surface area contributed by atoms with Crippen molar-refractivity contribution < 1.29 is 4.21 Å².